The maximum atomic E-state index is 9.84. The minimum absolute atomic E-state index is 0.130. The van der Waals surface area contributed by atoms with Gasteiger partial charge < -0.3 is 5.11 Å². The van der Waals surface area contributed by atoms with Crippen LogP contribution in [-0.2, 0) is 0 Å². The van der Waals surface area contributed by atoms with Crippen molar-refractivity contribution in [2.45, 2.75) is 0 Å². The Morgan fingerprint density at radius 3 is 3.00 bits per heavy atom. The van der Waals surface area contributed by atoms with Gasteiger partial charge in [-0.3, -0.25) is 4.98 Å². The molecule has 2 heterocycles. The van der Waals surface area contributed by atoms with Gasteiger partial charge in [0.15, 0.2) is 5.82 Å². The maximum absolute atomic E-state index is 9.84. The average molecular weight is 376 g/mol. The highest BCUT2D eigenvalue weighted by Gasteiger charge is 2.08. The molecule has 0 saturated carbocycles. The van der Waals surface area contributed by atoms with Gasteiger partial charge in [-0.2, -0.15) is 14.9 Å². The normalized spacial score (nSPS) is 11.1. The highest BCUT2D eigenvalue weighted by molar-refractivity contribution is 9.10. The Bertz CT molecular complexity index is 888. The van der Waals surface area contributed by atoms with Crippen LogP contribution < -0.4 is 0 Å². The molecule has 0 bridgehead atoms. The quantitative estimate of drug-likeness (QED) is 0.543. The summed E-state index contributed by atoms with van der Waals surface area (Å²) in [6.45, 7) is 0. The number of phenolic OH excluding ortho intramolecular Hbond substituents is 1. The molecule has 0 atom stereocenters. The number of nitrogens with one attached hydrogen (secondary N) is 1. The number of pyridine rings is 1. The van der Waals surface area contributed by atoms with Crippen LogP contribution in [0.2, 0.25) is 0 Å². The Morgan fingerprint density at radius 1 is 1.36 bits per heavy atom. The standard InChI is InChI=1S/C14H10BrN5OS/c15-11-3-4-12(21)10(6-11)8-17-20-13(18-19-14(20)22)9-2-1-5-16-7-9/h1-8,21H,(H,19,22)/b17-8+. The van der Waals surface area contributed by atoms with E-state index in [0.29, 0.717) is 16.2 Å². The zero-order valence-corrected chi connectivity index (χ0v) is 13.5. The van der Waals surface area contributed by atoms with Crippen molar-refractivity contribution < 1.29 is 5.11 Å². The number of nitrogens with zero attached hydrogens (tertiary/aromatic N) is 4. The van der Waals surface area contributed by atoms with E-state index in [0.717, 1.165) is 10.0 Å². The molecule has 110 valence electrons. The summed E-state index contributed by atoms with van der Waals surface area (Å²) < 4.78 is 2.67. The van der Waals surface area contributed by atoms with Crippen molar-refractivity contribution in [2.24, 2.45) is 5.10 Å². The lowest BCUT2D eigenvalue weighted by Gasteiger charge is -2.01. The number of aromatic hydroxyl groups is 1. The molecule has 0 amide bonds. The fraction of sp³-hybridized carbons (Fsp3) is 0. The lowest BCUT2D eigenvalue weighted by molar-refractivity contribution is 0.474. The number of aromatic nitrogens is 4. The number of H-pyrrole nitrogens is 1. The van der Waals surface area contributed by atoms with Gasteiger partial charge in [-0.15, -0.1) is 0 Å². The van der Waals surface area contributed by atoms with Crippen LogP contribution in [0.5, 0.6) is 5.75 Å². The van der Waals surface area contributed by atoms with Crippen molar-refractivity contribution in [1.82, 2.24) is 19.9 Å². The molecule has 22 heavy (non-hydrogen) atoms. The number of halogens is 1. The second-order valence-electron chi connectivity index (χ2n) is 4.35. The molecule has 0 spiro atoms. The van der Waals surface area contributed by atoms with Gasteiger partial charge in [0.05, 0.1) is 6.21 Å². The van der Waals surface area contributed by atoms with Crippen molar-refractivity contribution in [2.75, 3.05) is 0 Å². The minimum Gasteiger partial charge on any atom is -0.507 e. The van der Waals surface area contributed by atoms with E-state index < -0.39 is 0 Å². The number of phenols is 1. The Hall–Kier alpha value is -2.32. The van der Waals surface area contributed by atoms with Crippen molar-refractivity contribution >= 4 is 34.4 Å². The molecule has 0 aliphatic carbocycles. The molecular formula is C14H10BrN5OS. The molecule has 0 aliphatic heterocycles. The molecule has 2 N–H and O–H groups in total. The van der Waals surface area contributed by atoms with Gasteiger partial charge in [-0.1, -0.05) is 15.9 Å². The summed E-state index contributed by atoms with van der Waals surface area (Å²) >= 11 is 8.54. The van der Waals surface area contributed by atoms with Crippen molar-refractivity contribution in [3.63, 3.8) is 0 Å². The van der Waals surface area contributed by atoms with Crippen LogP contribution in [0.25, 0.3) is 11.4 Å². The van der Waals surface area contributed by atoms with E-state index in [1.165, 1.54) is 10.9 Å². The van der Waals surface area contributed by atoms with Gasteiger partial charge in [-0.05, 0) is 42.5 Å². The van der Waals surface area contributed by atoms with E-state index in [4.69, 9.17) is 12.2 Å². The Labute approximate surface area is 139 Å². The number of benzene rings is 1. The van der Waals surface area contributed by atoms with Crippen LogP contribution in [0.1, 0.15) is 5.56 Å². The van der Waals surface area contributed by atoms with Crippen LogP contribution in [0.3, 0.4) is 0 Å². The molecule has 0 radical (unpaired) electrons. The summed E-state index contributed by atoms with van der Waals surface area (Å²) in [4.78, 5) is 4.06. The Balaban J connectivity index is 2.03. The number of rotatable bonds is 3. The lowest BCUT2D eigenvalue weighted by Crippen LogP contribution is -1.95. The SMILES string of the molecule is Oc1ccc(Br)cc1/C=N/n1c(-c2cccnc2)n[nH]c1=S. The maximum Gasteiger partial charge on any atom is 0.216 e. The predicted molar refractivity (Wildman–Crippen MR) is 89.4 cm³/mol. The van der Waals surface area contributed by atoms with Crippen LogP contribution in [-0.4, -0.2) is 31.2 Å². The predicted octanol–water partition coefficient (Wildman–Crippen LogP) is 3.35. The van der Waals surface area contributed by atoms with Gasteiger partial charge in [0.1, 0.15) is 5.75 Å². The van der Waals surface area contributed by atoms with E-state index in [9.17, 15) is 5.11 Å². The number of aromatic amines is 1. The molecular weight excluding hydrogens is 366 g/mol. The first kappa shape index (κ1) is 14.6. The van der Waals surface area contributed by atoms with E-state index in [2.05, 4.69) is 36.2 Å². The third-order valence-corrected chi connectivity index (χ3v) is 3.63. The van der Waals surface area contributed by atoms with E-state index >= 15 is 0 Å². The first-order chi connectivity index (χ1) is 10.6. The fourth-order valence-electron chi connectivity index (χ4n) is 1.83. The van der Waals surface area contributed by atoms with Gasteiger partial charge in [0.2, 0.25) is 4.77 Å². The molecule has 2 aromatic heterocycles. The van der Waals surface area contributed by atoms with Crippen LogP contribution >= 0.6 is 28.1 Å². The third-order valence-electron chi connectivity index (χ3n) is 2.87. The topological polar surface area (TPSA) is 79.1 Å². The zero-order valence-electron chi connectivity index (χ0n) is 11.1. The lowest BCUT2D eigenvalue weighted by atomic mass is 10.2. The second kappa shape index (κ2) is 6.20. The molecule has 0 saturated heterocycles. The zero-order chi connectivity index (χ0) is 15.5. The monoisotopic (exact) mass is 375 g/mol. The summed E-state index contributed by atoms with van der Waals surface area (Å²) in [6.07, 6.45) is 4.87. The smallest absolute Gasteiger partial charge is 0.216 e. The first-order valence-corrected chi connectivity index (χ1v) is 7.46. The molecule has 3 aromatic rings. The van der Waals surface area contributed by atoms with Crippen molar-refractivity contribution in [3.05, 3.63) is 57.5 Å². The van der Waals surface area contributed by atoms with E-state index in [-0.39, 0.29) is 5.75 Å². The van der Waals surface area contributed by atoms with Gasteiger partial charge >= 0.3 is 0 Å². The van der Waals surface area contributed by atoms with Crippen LogP contribution in [0.4, 0.5) is 0 Å². The molecule has 1 aromatic carbocycles. The largest absolute Gasteiger partial charge is 0.507 e. The molecule has 0 unspecified atom stereocenters. The molecule has 6 nitrogen and oxygen atoms in total. The second-order valence-corrected chi connectivity index (χ2v) is 5.66. The van der Waals surface area contributed by atoms with Crippen LogP contribution in [0, 0.1) is 4.77 Å². The minimum atomic E-state index is 0.130. The third kappa shape index (κ3) is 2.97. The highest BCUT2D eigenvalue weighted by atomic mass is 79.9. The van der Waals surface area contributed by atoms with E-state index in [1.807, 2.05) is 6.07 Å². The molecule has 0 fully saturated rings. The van der Waals surface area contributed by atoms with Crippen LogP contribution in [0.15, 0.2) is 52.3 Å². The fourth-order valence-corrected chi connectivity index (χ4v) is 2.39. The number of hydrogen-bond donors (Lipinski definition) is 2. The summed E-state index contributed by atoms with van der Waals surface area (Å²) in [6, 6.07) is 8.76. The van der Waals surface area contributed by atoms with Gasteiger partial charge in [0.25, 0.3) is 0 Å². The summed E-state index contributed by atoms with van der Waals surface area (Å²) in [5, 5.41) is 21.0. The summed E-state index contributed by atoms with van der Waals surface area (Å²) in [5.74, 6) is 0.675. The Morgan fingerprint density at radius 2 is 2.23 bits per heavy atom. The molecule has 0 aliphatic rings. The van der Waals surface area contributed by atoms with Gasteiger partial charge in [-0.25, -0.2) is 5.10 Å². The average Bonchev–Trinajstić information content (AvgIpc) is 2.90. The first-order valence-electron chi connectivity index (χ1n) is 6.26. The molecule has 8 heteroatoms. The van der Waals surface area contributed by atoms with Crippen molar-refractivity contribution in [3.8, 4) is 17.1 Å². The highest BCUT2D eigenvalue weighted by Crippen LogP contribution is 2.21. The van der Waals surface area contributed by atoms with Gasteiger partial charge in [0, 0.05) is 28.0 Å². The number of hydrogen-bond acceptors (Lipinski definition) is 5. The summed E-state index contributed by atoms with van der Waals surface area (Å²) in [5.41, 5.74) is 1.35. The Kier molecular flexibility index (Phi) is 4.12. The summed E-state index contributed by atoms with van der Waals surface area (Å²) in [7, 11) is 0. The molecule has 3 rings (SSSR count). The van der Waals surface area contributed by atoms with Crippen molar-refractivity contribution in [1.29, 1.82) is 0 Å². The van der Waals surface area contributed by atoms with E-state index in [1.54, 1.807) is 36.7 Å².